The van der Waals surface area contributed by atoms with Crippen LogP contribution in [-0.2, 0) is 19.7 Å². The number of halogens is 1. The minimum Gasteiger partial charge on any atom is -0.431 e. The zero-order chi connectivity index (χ0) is 23.3. The molecule has 0 radical (unpaired) electrons. The van der Waals surface area contributed by atoms with Crippen LogP contribution in [0.3, 0.4) is 0 Å². The lowest BCUT2D eigenvalue weighted by Crippen LogP contribution is -2.44. The molecule has 32 heavy (non-hydrogen) atoms. The lowest BCUT2D eigenvalue weighted by molar-refractivity contribution is -0.00687. The second kappa shape index (κ2) is 10.4. The van der Waals surface area contributed by atoms with Gasteiger partial charge < -0.3 is 19.2 Å². The van der Waals surface area contributed by atoms with Crippen LogP contribution in [0.2, 0.25) is 0 Å². The summed E-state index contributed by atoms with van der Waals surface area (Å²) in [7, 11) is -4.10. The Hall–Kier alpha value is -2.54. The number of ether oxygens (including phenoxy) is 2. The molecule has 1 aliphatic heterocycles. The van der Waals surface area contributed by atoms with Crippen molar-refractivity contribution in [1.29, 1.82) is 0 Å². The number of benzene rings is 1. The second-order valence-corrected chi connectivity index (χ2v) is 9.03. The molecule has 1 aromatic carbocycles. The number of carbonyl (C=O) groups is 1. The molecular weight excluding hydrogens is 443 g/mol. The van der Waals surface area contributed by atoms with Crippen LogP contribution >= 0.6 is 0 Å². The molecule has 2 heterocycles. The molecule has 1 aliphatic rings. The monoisotopic (exact) mass is 470 g/mol. The third kappa shape index (κ3) is 6.03. The van der Waals surface area contributed by atoms with Crippen LogP contribution in [0.5, 0.6) is 0 Å². The number of hydrogen-bond acceptors (Lipinski definition) is 8. The molecule has 10 nitrogen and oxygen atoms in total. The summed E-state index contributed by atoms with van der Waals surface area (Å²) in [6, 6.07) is 2.92. The zero-order valence-corrected chi connectivity index (χ0v) is 19.0. The van der Waals surface area contributed by atoms with Crippen molar-refractivity contribution >= 4 is 27.8 Å². The fraction of sp³-hybridized carbons (Fsp3) is 0.500. The number of oxazole rings is 1. The van der Waals surface area contributed by atoms with Gasteiger partial charge in [0, 0.05) is 25.4 Å². The van der Waals surface area contributed by atoms with Crippen molar-refractivity contribution in [1.82, 2.24) is 14.0 Å². The molecule has 0 spiro atoms. The summed E-state index contributed by atoms with van der Waals surface area (Å²) < 4.78 is 58.3. The lowest BCUT2D eigenvalue weighted by Gasteiger charge is -2.19. The summed E-state index contributed by atoms with van der Waals surface area (Å²) in [6.07, 6.45) is 1.29. The van der Waals surface area contributed by atoms with Crippen molar-refractivity contribution < 1.29 is 31.5 Å². The first kappa shape index (κ1) is 24.1. The van der Waals surface area contributed by atoms with Gasteiger partial charge in [-0.2, -0.15) is 17.7 Å². The average molecular weight is 471 g/mol. The molecule has 0 bridgehead atoms. The number of hydrogen-bond donors (Lipinski definition) is 2. The van der Waals surface area contributed by atoms with Crippen LogP contribution in [0.15, 0.2) is 22.8 Å². The van der Waals surface area contributed by atoms with Crippen molar-refractivity contribution in [3.05, 3.63) is 41.0 Å². The van der Waals surface area contributed by atoms with E-state index in [1.54, 1.807) is 19.9 Å². The van der Waals surface area contributed by atoms with Crippen molar-refractivity contribution in [2.75, 3.05) is 38.2 Å². The molecule has 2 N–H and O–H groups in total. The number of aryl methyl sites for hydroxylation is 2. The second-order valence-electron chi connectivity index (χ2n) is 7.36. The van der Waals surface area contributed by atoms with Gasteiger partial charge in [-0.25, -0.2) is 9.11 Å². The maximum absolute atomic E-state index is 13.6. The smallest absolute Gasteiger partial charge is 0.304 e. The summed E-state index contributed by atoms with van der Waals surface area (Å²) in [4.78, 5) is 16.4. The molecule has 2 aromatic rings. The van der Waals surface area contributed by atoms with E-state index in [1.807, 2.05) is 11.6 Å². The largest absolute Gasteiger partial charge is 0.431 e. The van der Waals surface area contributed by atoms with Gasteiger partial charge in [0.1, 0.15) is 12.1 Å². The first-order valence-corrected chi connectivity index (χ1v) is 11.6. The Morgan fingerprint density at radius 1 is 1.31 bits per heavy atom. The highest BCUT2D eigenvalue weighted by Crippen LogP contribution is 2.23. The van der Waals surface area contributed by atoms with Gasteiger partial charge in [0.2, 0.25) is 0 Å². The molecule has 176 valence electrons. The van der Waals surface area contributed by atoms with Crippen molar-refractivity contribution in [2.24, 2.45) is 0 Å². The molecule has 1 aromatic heterocycles. The Labute approximate surface area is 186 Å². The van der Waals surface area contributed by atoms with E-state index in [0.29, 0.717) is 36.4 Å². The average Bonchev–Trinajstić information content (AvgIpc) is 3.06. The number of nitrogens with one attached hydrogen (secondary N) is 2. The fourth-order valence-corrected chi connectivity index (χ4v) is 4.25. The van der Waals surface area contributed by atoms with Gasteiger partial charge in [0.15, 0.2) is 5.69 Å². The summed E-state index contributed by atoms with van der Waals surface area (Å²) in [5, 5.41) is 2.86. The van der Waals surface area contributed by atoms with Crippen LogP contribution in [0.25, 0.3) is 0 Å². The van der Waals surface area contributed by atoms with E-state index in [4.69, 9.17) is 13.9 Å². The zero-order valence-electron chi connectivity index (χ0n) is 18.2. The highest BCUT2D eigenvalue weighted by Gasteiger charge is 2.29. The summed E-state index contributed by atoms with van der Waals surface area (Å²) >= 11 is 0. The SMILES string of the molecule is CCOCC1CCN(S(=O)(=O)NC(=O)c2coc(Nc3cc(C)c(F)cc3C)n2)CCO1. The first-order valence-electron chi connectivity index (χ1n) is 10.2. The van der Waals surface area contributed by atoms with Gasteiger partial charge in [-0.3, -0.25) is 4.79 Å². The van der Waals surface area contributed by atoms with Crippen LogP contribution in [0.4, 0.5) is 16.1 Å². The topological polar surface area (TPSA) is 123 Å². The highest BCUT2D eigenvalue weighted by molar-refractivity contribution is 7.87. The summed E-state index contributed by atoms with van der Waals surface area (Å²) in [6.45, 7) is 6.63. The molecule has 0 aliphatic carbocycles. The molecule has 0 saturated carbocycles. The predicted molar refractivity (Wildman–Crippen MR) is 114 cm³/mol. The Morgan fingerprint density at radius 2 is 2.09 bits per heavy atom. The summed E-state index contributed by atoms with van der Waals surface area (Å²) in [5.74, 6) is -1.27. The van der Waals surface area contributed by atoms with E-state index < -0.39 is 16.1 Å². The molecule has 1 fully saturated rings. The van der Waals surface area contributed by atoms with Gasteiger partial charge >= 0.3 is 10.2 Å². The number of nitrogens with zero attached hydrogens (tertiary/aromatic N) is 2. The molecule has 1 amide bonds. The lowest BCUT2D eigenvalue weighted by atomic mass is 10.1. The van der Waals surface area contributed by atoms with Gasteiger partial charge in [0.25, 0.3) is 11.9 Å². The van der Waals surface area contributed by atoms with Crippen molar-refractivity contribution in [3.8, 4) is 0 Å². The maximum Gasteiger partial charge on any atom is 0.304 e. The third-order valence-corrected chi connectivity index (χ3v) is 6.44. The molecular formula is C20H27FN4O6S. The molecule has 12 heteroatoms. The molecule has 3 rings (SSSR count). The molecule has 1 saturated heterocycles. The van der Waals surface area contributed by atoms with Gasteiger partial charge in [-0.15, -0.1) is 0 Å². The van der Waals surface area contributed by atoms with E-state index in [2.05, 4.69) is 10.3 Å². The number of aromatic nitrogens is 1. The van der Waals surface area contributed by atoms with Crippen LogP contribution in [-0.4, -0.2) is 62.6 Å². The summed E-state index contributed by atoms with van der Waals surface area (Å²) in [5.41, 5.74) is 1.38. The number of carbonyl (C=O) groups excluding carboxylic acids is 1. The Bertz CT molecular complexity index is 1060. The van der Waals surface area contributed by atoms with E-state index in [9.17, 15) is 17.6 Å². The third-order valence-electron chi connectivity index (χ3n) is 4.95. The number of anilines is 2. The Balaban J connectivity index is 1.62. The number of amides is 1. The quantitative estimate of drug-likeness (QED) is 0.602. The highest BCUT2D eigenvalue weighted by atomic mass is 32.2. The van der Waals surface area contributed by atoms with Gasteiger partial charge in [-0.05, 0) is 50.5 Å². The van der Waals surface area contributed by atoms with Crippen LogP contribution in [0, 0.1) is 19.7 Å². The molecule has 1 unspecified atom stereocenters. The minimum absolute atomic E-state index is 0.0244. The van der Waals surface area contributed by atoms with E-state index in [0.717, 1.165) is 10.6 Å². The number of rotatable bonds is 8. The van der Waals surface area contributed by atoms with Gasteiger partial charge in [0.05, 0.1) is 19.3 Å². The maximum atomic E-state index is 13.6. The Kier molecular flexibility index (Phi) is 7.82. The van der Waals surface area contributed by atoms with E-state index >= 15 is 0 Å². The minimum atomic E-state index is -4.10. The Morgan fingerprint density at radius 3 is 2.84 bits per heavy atom. The van der Waals surface area contributed by atoms with E-state index in [-0.39, 0.29) is 43.3 Å². The van der Waals surface area contributed by atoms with Gasteiger partial charge in [-0.1, -0.05) is 0 Å². The predicted octanol–water partition coefficient (Wildman–Crippen LogP) is 2.28. The normalized spacial score (nSPS) is 17.7. The fourth-order valence-electron chi connectivity index (χ4n) is 3.13. The standard InChI is InChI=1S/C20H27FN4O6S/c1-4-29-11-15-5-6-25(7-8-30-15)32(27,28)24-19(26)18-12-31-20(23-18)22-17-10-13(2)16(21)9-14(17)3/h9-10,12,15H,4-8,11H2,1-3H3,(H,22,23)(H,24,26). The van der Waals surface area contributed by atoms with Crippen LogP contribution in [0.1, 0.15) is 35.0 Å². The van der Waals surface area contributed by atoms with Crippen molar-refractivity contribution in [3.63, 3.8) is 0 Å². The van der Waals surface area contributed by atoms with Crippen molar-refractivity contribution in [2.45, 2.75) is 33.3 Å². The first-order chi connectivity index (χ1) is 15.2. The molecule has 1 atom stereocenters. The van der Waals surface area contributed by atoms with Crippen LogP contribution < -0.4 is 10.0 Å². The van der Waals surface area contributed by atoms with E-state index in [1.165, 1.54) is 6.07 Å².